The van der Waals surface area contributed by atoms with Gasteiger partial charge >= 0.3 is 0 Å². The molecule has 0 spiro atoms. The third kappa shape index (κ3) is 2.33. The minimum absolute atomic E-state index is 0.0460. The lowest BCUT2D eigenvalue weighted by atomic mass is 10.2. The number of rotatable bonds is 0. The van der Waals surface area contributed by atoms with Gasteiger partial charge in [-0.05, 0) is 32.4 Å². The fourth-order valence-electron chi connectivity index (χ4n) is 1.03. The van der Waals surface area contributed by atoms with Crippen molar-refractivity contribution >= 4 is 18.5 Å². The molecule has 48 valence electrons. The van der Waals surface area contributed by atoms with Gasteiger partial charge in [-0.25, -0.2) is 0 Å². The van der Waals surface area contributed by atoms with E-state index in [0.29, 0.717) is 0 Å². The molecule has 8 heavy (non-hydrogen) atoms. The molecule has 0 saturated carbocycles. The summed E-state index contributed by atoms with van der Waals surface area (Å²) in [6.45, 7) is 0. The van der Waals surface area contributed by atoms with Crippen molar-refractivity contribution in [2.75, 3.05) is 12.3 Å². The first-order valence-corrected chi connectivity index (χ1v) is 5.92. The molecule has 0 aromatic rings. The van der Waals surface area contributed by atoms with Gasteiger partial charge in [0.1, 0.15) is 0 Å². The molecule has 1 rings (SSSR count). The van der Waals surface area contributed by atoms with Crippen LogP contribution >= 0.6 is 18.5 Å². The van der Waals surface area contributed by atoms with Crippen LogP contribution in [-0.4, -0.2) is 12.3 Å². The van der Waals surface area contributed by atoms with E-state index in [4.69, 9.17) is 11.2 Å². The highest BCUT2D eigenvalue weighted by atomic mass is 35.7. The summed E-state index contributed by atoms with van der Waals surface area (Å²) in [7, 11) is -0.0460. The topological polar surface area (TPSA) is 0 Å². The Morgan fingerprint density at radius 2 is 1.38 bits per heavy atom. The Balaban J connectivity index is 2.17. The van der Waals surface area contributed by atoms with Crippen LogP contribution in [0.2, 0.25) is 0 Å². The molecule has 1 aliphatic rings. The molecule has 0 aromatic heterocycles. The zero-order valence-corrected chi connectivity index (χ0v) is 6.72. The van der Waals surface area contributed by atoms with E-state index in [2.05, 4.69) is 0 Å². The van der Waals surface area contributed by atoms with Crippen molar-refractivity contribution in [3.8, 4) is 0 Å². The van der Waals surface area contributed by atoms with Crippen molar-refractivity contribution in [3.05, 3.63) is 0 Å². The van der Waals surface area contributed by atoms with Crippen LogP contribution in [-0.2, 0) is 0 Å². The maximum atomic E-state index is 5.99. The van der Waals surface area contributed by atoms with Crippen LogP contribution < -0.4 is 0 Å². The van der Waals surface area contributed by atoms with Crippen LogP contribution in [0.5, 0.6) is 0 Å². The third-order valence-electron chi connectivity index (χ3n) is 1.55. The van der Waals surface area contributed by atoms with Crippen LogP contribution in [0.1, 0.15) is 25.7 Å². The molecule has 0 nitrogen and oxygen atoms in total. The highest BCUT2D eigenvalue weighted by Gasteiger charge is 2.06. The Morgan fingerprint density at radius 3 is 1.88 bits per heavy atom. The van der Waals surface area contributed by atoms with E-state index in [9.17, 15) is 0 Å². The van der Waals surface area contributed by atoms with Crippen molar-refractivity contribution in [1.29, 1.82) is 0 Å². The first-order chi connectivity index (χ1) is 3.89. The predicted molar refractivity (Wildman–Crippen MR) is 41.0 cm³/mol. The molecule has 0 aliphatic carbocycles. The van der Waals surface area contributed by atoms with Gasteiger partial charge in [0.25, 0.3) is 0 Å². The Kier molecular flexibility index (Phi) is 3.15. The predicted octanol–water partition coefficient (Wildman–Crippen LogP) is 3.20. The van der Waals surface area contributed by atoms with Gasteiger partial charge in [-0.3, -0.25) is 0 Å². The first kappa shape index (κ1) is 6.83. The Labute approximate surface area is 57.2 Å². The molecule has 0 aromatic carbocycles. The molecule has 0 bridgehead atoms. The molecule has 1 fully saturated rings. The van der Waals surface area contributed by atoms with E-state index < -0.39 is 0 Å². The SMILES string of the molecule is ClP1CCCCCC1. The first-order valence-electron chi connectivity index (χ1n) is 3.30. The van der Waals surface area contributed by atoms with Gasteiger partial charge in [0.15, 0.2) is 0 Å². The summed E-state index contributed by atoms with van der Waals surface area (Å²) in [4.78, 5) is 0. The van der Waals surface area contributed by atoms with E-state index in [1.165, 1.54) is 38.0 Å². The molecule has 0 N–H and O–H groups in total. The number of hydrogen-bond acceptors (Lipinski definition) is 0. The van der Waals surface area contributed by atoms with Crippen molar-refractivity contribution in [1.82, 2.24) is 0 Å². The molecule has 0 amide bonds. The minimum Gasteiger partial charge on any atom is -0.0964 e. The van der Waals surface area contributed by atoms with E-state index >= 15 is 0 Å². The van der Waals surface area contributed by atoms with Crippen LogP contribution in [0.3, 0.4) is 0 Å². The van der Waals surface area contributed by atoms with Gasteiger partial charge in [0.2, 0.25) is 0 Å². The number of hydrogen-bond donors (Lipinski definition) is 0. The second-order valence-corrected chi connectivity index (χ2v) is 5.58. The minimum atomic E-state index is -0.0460. The van der Waals surface area contributed by atoms with E-state index in [1.807, 2.05) is 0 Å². The summed E-state index contributed by atoms with van der Waals surface area (Å²) in [5, 5.41) is 0. The highest BCUT2D eigenvalue weighted by molar-refractivity contribution is 7.83. The van der Waals surface area contributed by atoms with Gasteiger partial charge in [-0.2, -0.15) is 0 Å². The van der Waals surface area contributed by atoms with Crippen LogP contribution in [0.15, 0.2) is 0 Å². The molecular weight excluding hydrogens is 138 g/mol. The van der Waals surface area contributed by atoms with Crippen LogP contribution in [0, 0.1) is 0 Å². The fourth-order valence-corrected chi connectivity index (χ4v) is 3.11. The standard InChI is InChI=1S/C6H12ClP/c7-8-5-3-1-2-4-6-8/h1-6H2. The zero-order valence-electron chi connectivity index (χ0n) is 5.07. The second kappa shape index (κ2) is 3.69. The Morgan fingerprint density at radius 1 is 0.875 bits per heavy atom. The van der Waals surface area contributed by atoms with E-state index in [0.717, 1.165) is 0 Å². The van der Waals surface area contributed by atoms with Gasteiger partial charge in [0.05, 0.1) is 0 Å². The van der Waals surface area contributed by atoms with Crippen molar-refractivity contribution in [3.63, 3.8) is 0 Å². The Hall–Kier alpha value is 0.720. The summed E-state index contributed by atoms with van der Waals surface area (Å²) >= 11 is 5.99. The van der Waals surface area contributed by atoms with Crippen molar-refractivity contribution in [2.24, 2.45) is 0 Å². The summed E-state index contributed by atoms with van der Waals surface area (Å²) in [5.74, 6) is 0. The largest absolute Gasteiger partial charge is 0.0964 e. The number of halogens is 1. The fraction of sp³-hybridized carbons (Fsp3) is 1.00. The Bertz CT molecular complexity index is 57.5. The maximum absolute atomic E-state index is 5.99. The second-order valence-electron chi connectivity index (χ2n) is 2.32. The van der Waals surface area contributed by atoms with Gasteiger partial charge in [-0.15, -0.1) is 0 Å². The monoisotopic (exact) mass is 150 g/mol. The summed E-state index contributed by atoms with van der Waals surface area (Å²) in [6.07, 6.45) is 8.25. The van der Waals surface area contributed by atoms with Gasteiger partial charge < -0.3 is 0 Å². The zero-order chi connectivity index (χ0) is 5.82. The summed E-state index contributed by atoms with van der Waals surface area (Å²) < 4.78 is 0. The molecule has 1 aliphatic heterocycles. The average molecular weight is 151 g/mol. The van der Waals surface area contributed by atoms with Crippen molar-refractivity contribution in [2.45, 2.75) is 25.7 Å². The van der Waals surface area contributed by atoms with E-state index in [-0.39, 0.29) is 7.27 Å². The van der Waals surface area contributed by atoms with Gasteiger partial charge in [-0.1, -0.05) is 24.1 Å². The third-order valence-corrected chi connectivity index (χ3v) is 4.17. The molecule has 2 heteroatoms. The molecular formula is C6H12ClP. The lowest BCUT2D eigenvalue weighted by Gasteiger charge is -2.00. The molecule has 0 atom stereocenters. The van der Waals surface area contributed by atoms with Crippen molar-refractivity contribution < 1.29 is 0 Å². The lowest BCUT2D eigenvalue weighted by molar-refractivity contribution is 0.726. The van der Waals surface area contributed by atoms with Gasteiger partial charge in [0, 0.05) is 0 Å². The quantitative estimate of drug-likeness (QED) is 0.466. The summed E-state index contributed by atoms with van der Waals surface area (Å²) in [5.41, 5.74) is 0. The average Bonchev–Trinajstić information content (AvgIpc) is 1.94. The maximum Gasteiger partial charge on any atom is -0.00973 e. The highest BCUT2D eigenvalue weighted by Crippen LogP contribution is 2.44. The molecule has 1 heterocycles. The van der Waals surface area contributed by atoms with Crippen LogP contribution in [0.4, 0.5) is 0 Å². The molecule has 1 saturated heterocycles. The molecule has 0 unspecified atom stereocenters. The molecule has 0 radical (unpaired) electrons. The smallest absolute Gasteiger partial charge is 0.00973 e. The van der Waals surface area contributed by atoms with E-state index in [1.54, 1.807) is 0 Å². The van der Waals surface area contributed by atoms with Crippen LogP contribution in [0.25, 0.3) is 0 Å². The summed E-state index contributed by atoms with van der Waals surface area (Å²) in [6, 6.07) is 0. The lowest BCUT2D eigenvalue weighted by Crippen LogP contribution is -1.75. The normalized spacial score (nSPS) is 25.1.